The molecule has 1 aromatic carbocycles. The smallest absolute Gasteiger partial charge is 0.0430 e. The first-order valence-electron chi connectivity index (χ1n) is 7.27. The highest BCUT2D eigenvalue weighted by Crippen LogP contribution is 2.17. The second-order valence-electron chi connectivity index (χ2n) is 4.82. The third kappa shape index (κ3) is 4.07. The van der Waals surface area contributed by atoms with Gasteiger partial charge in [0.1, 0.15) is 0 Å². The molecule has 0 fully saturated rings. The number of aromatic nitrogens is 1. The van der Waals surface area contributed by atoms with Crippen molar-refractivity contribution in [2.75, 3.05) is 18.0 Å². The van der Waals surface area contributed by atoms with Crippen molar-refractivity contribution in [1.82, 2.24) is 10.3 Å². The number of anilines is 1. The molecule has 0 aliphatic rings. The van der Waals surface area contributed by atoms with Crippen LogP contribution >= 0.6 is 0 Å². The lowest BCUT2D eigenvalue weighted by Crippen LogP contribution is -2.22. The maximum Gasteiger partial charge on any atom is 0.0430 e. The fraction of sp³-hybridized carbons (Fsp3) is 0.353. The van der Waals surface area contributed by atoms with Gasteiger partial charge in [-0.2, -0.15) is 0 Å². The molecule has 106 valence electrons. The highest BCUT2D eigenvalue weighted by atomic mass is 15.1. The number of hydrogen-bond acceptors (Lipinski definition) is 3. The van der Waals surface area contributed by atoms with E-state index in [0.717, 1.165) is 26.2 Å². The molecule has 2 rings (SSSR count). The Morgan fingerprint density at radius 1 is 0.950 bits per heavy atom. The van der Waals surface area contributed by atoms with E-state index in [1.54, 1.807) is 0 Å². The van der Waals surface area contributed by atoms with Gasteiger partial charge in [-0.25, -0.2) is 0 Å². The van der Waals surface area contributed by atoms with Gasteiger partial charge in [0, 0.05) is 37.7 Å². The second-order valence-corrected chi connectivity index (χ2v) is 4.82. The fourth-order valence-electron chi connectivity index (χ4n) is 2.19. The van der Waals surface area contributed by atoms with Crippen LogP contribution in [0.15, 0.2) is 48.8 Å². The molecule has 0 atom stereocenters. The number of nitrogens with zero attached hydrogens (tertiary/aromatic N) is 2. The first-order chi connectivity index (χ1) is 9.83. The summed E-state index contributed by atoms with van der Waals surface area (Å²) in [5.74, 6) is 0. The number of rotatable bonds is 7. The minimum absolute atomic E-state index is 0.922. The Balaban J connectivity index is 2.04. The lowest BCUT2D eigenvalue weighted by atomic mass is 10.1. The summed E-state index contributed by atoms with van der Waals surface area (Å²) >= 11 is 0. The SMILES string of the molecule is CCNCc1ccc(N(CC)Cc2ccncc2)cc1. The zero-order valence-electron chi connectivity index (χ0n) is 12.3. The Morgan fingerprint density at radius 3 is 2.25 bits per heavy atom. The van der Waals surface area contributed by atoms with Crippen molar-refractivity contribution in [3.63, 3.8) is 0 Å². The summed E-state index contributed by atoms with van der Waals surface area (Å²) in [6.07, 6.45) is 3.70. The molecule has 0 saturated heterocycles. The van der Waals surface area contributed by atoms with Crippen molar-refractivity contribution in [1.29, 1.82) is 0 Å². The van der Waals surface area contributed by atoms with Crippen LogP contribution < -0.4 is 10.2 Å². The zero-order chi connectivity index (χ0) is 14.2. The van der Waals surface area contributed by atoms with Gasteiger partial charge in [-0.05, 0) is 48.9 Å². The van der Waals surface area contributed by atoms with Crippen LogP contribution in [0.3, 0.4) is 0 Å². The first-order valence-corrected chi connectivity index (χ1v) is 7.27. The van der Waals surface area contributed by atoms with Crippen LogP contribution in [0.1, 0.15) is 25.0 Å². The van der Waals surface area contributed by atoms with Gasteiger partial charge in [0.15, 0.2) is 0 Å². The van der Waals surface area contributed by atoms with E-state index in [-0.39, 0.29) is 0 Å². The third-order valence-corrected chi connectivity index (χ3v) is 3.39. The predicted octanol–water partition coefficient (Wildman–Crippen LogP) is 3.22. The molecule has 1 N–H and O–H groups in total. The van der Waals surface area contributed by atoms with Gasteiger partial charge in [-0.3, -0.25) is 4.98 Å². The van der Waals surface area contributed by atoms with Crippen LogP contribution in [-0.4, -0.2) is 18.1 Å². The summed E-state index contributed by atoms with van der Waals surface area (Å²) in [5, 5.41) is 3.35. The van der Waals surface area contributed by atoms with E-state index < -0.39 is 0 Å². The number of benzene rings is 1. The molecule has 0 saturated carbocycles. The molecule has 0 amide bonds. The van der Waals surface area contributed by atoms with E-state index in [0.29, 0.717) is 0 Å². The maximum absolute atomic E-state index is 4.07. The second kappa shape index (κ2) is 7.65. The maximum atomic E-state index is 4.07. The van der Waals surface area contributed by atoms with Gasteiger partial charge < -0.3 is 10.2 Å². The average molecular weight is 269 g/mol. The highest BCUT2D eigenvalue weighted by Gasteiger charge is 2.05. The van der Waals surface area contributed by atoms with E-state index in [1.807, 2.05) is 12.4 Å². The summed E-state index contributed by atoms with van der Waals surface area (Å²) in [6, 6.07) is 13.0. The summed E-state index contributed by atoms with van der Waals surface area (Å²) in [6.45, 7) is 8.17. The van der Waals surface area contributed by atoms with Crippen LogP contribution in [0, 0.1) is 0 Å². The van der Waals surface area contributed by atoms with Crippen LogP contribution in [0.4, 0.5) is 5.69 Å². The Hall–Kier alpha value is -1.87. The zero-order valence-corrected chi connectivity index (χ0v) is 12.3. The summed E-state index contributed by atoms with van der Waals surface area (Å²) in [7, 11) is 0. The molecule has 0 aliphatic carbocycles. The normalized spacial score (nSPS) is 10.5. The van der Waals surface area contributed by atoms with E-state index >= 15 is 0 Å². The lowest BCUT2D eigenvalue weighted by Gasteiger charge is -2.23. The molecular formula is C17H23N3. The summed E-state index contributed by atoms with van der Waals surface area (Å²) < 4.78 is 0. The summed E-state index contributed by atoms with van der Waals surface area (Å²) in [4.78, 5) is 6.43. The van der Waals surface area contributed by atoms with Gasteiger partial charge in [0.25, 0.3) is 0 Å². The average Bonchev–Trinajstić information content (AvgIpc) is 2.52. The van der Waals surface area contributed by atoms with Crippen molar-refractivity contribution in [3.8, 4) is 0 Å². The minimum Gasteiger partial charge on any atom is -0.367 e. The van der Waals surface area contributed by atoms with Crippen LogP contribution in [-0.2, 0) is 13.1 Å². The molecule has 0 unspecified atom stereocenters. The lowest BCUT2D eigenvalue weighted by molar-refractivity contribution is 0.726. The van der Waals surface area contributed by atoms with E-state index in [2.05, 4.69) is 65.4 Å². The molecule has 0 radical (unpaired) electrons. The molecule has 0 aliphatic heterocycles. The van der Waals surface area contributed by atoms with Gasteiger partial charge in [0.05, 0.1) is 0 Å². The highest BCUT2D eigenvalue weighted by molar-refractivity contribution is 5.48. The largest absolute Gasteiger partial charge is 0.367 e. The Morgan fingerprint density at radius 2 is 1.65 bits per heavy atom. The molecule has 3 heteroatoms. The van der Waals surface area contributed by atoms with Gasteiger partial charge >= 0.3 is 0 Å². The van der Waals surface area contributed by atoms with Crippen molar-refractivity contribution in [3.05, 3.63) is 59.9 Å². The van der Waals surface area contributed by atoms with E-state index in [4.69, 9.17) is 0 Å². The minimum atomic E-state index is 0.922. The monoisotopic (exact) mass is 269 g/mol. The Labute approximate surface area is 121 Å². The Bertz CT molecular complexity index is 493. The van der Waals surface area contributed by atoms with Gasteiger partial charge in [0.2, 0.25) is 0 Å². The van der Waals surface area contributed by atoms with Crippen LogP contribution in [0.5, 0.6) is 0 Å². The van der Waals surface area contributed by atoms with E-state index in [9.17, 15) is 0 Å². The van der Waals surface area contributed by atoms with Crippen molar-refractivity contribution >= 4 is 5.69 Å². The van der Waals surface area contributed by atoms with Gasteiger partial charge in [-0.15, -0.1) is 0 Å². The van der Waals surface area contributed by atoms with Crippen LogP contribution in [0.2, 0.25) is 0 Å². The number of nitrogens with one attached hydrogen (secondary N) is 1. The molecular weight excluding hydrogens is 246 g/mol. The summed E-state index contributed by atoms with van der Waals surface area (Å²) in [5.41, 5.74) is 3.89. The van der Waals surface area contributed by atoms with Crippen molar-refractivity contribution in [2.24, 2.45) is 0 Å². The third-order valence-electron chi connectivity index (χ3n) is 3.39. The number of hydrogen-bond donors (Lipinski definition) is 1. The van der Waals surface area contributed by atoms with E-state index in [1.165, 1.54) is 16.8 Å². The molecule has 1 heterocycles. The Kier molecular flexibility index (Phi) is 5.56. The molecule has 3 nitrogen and oxygen atoms in total. The topological polar surface area (TPSA) is 28.2 Å². The predicted molar refractivity (Wildman–Crippen MR) is 84.8 cm³/mol. The molecule has 20 heavy (non-hydrogen) atoms. The van der Waals surface area contributed by atoms with Crippen molar-refractivity contribution in [2.45, 2.75) is 26.9 Å². The molecule has 0 bridgehead atoms. The van der Waals surface area contributed by atoms with Crippen LogP contribution in [0.25, 0.3) is 0 Å². The quantitative estimate of drug-likeness (QED) is 0.836. The molecule has 2 aromatic rings. The molecule has 1 aromatic heterocycles. The van der Waals surface area contributed by atoms with Gasteiger partial charge in [-0.1, -0.05) is 19.1 Å². The van der Waals surface area contributed by atoms with Crippen molar-refractivity contribution < 1.29 is 0 Å². The molecule has 0 spiro atoms. The number of pyridine rings is 1. The standard InChI is InChI=1S/C17H23N3/c1-3-18-13-15-5-7-17(8-6-15)20(4-2)14-16-9-11-19-12-10-16/h5-12,18H,3-4,13-14H2,1-2H3. The first kappa shape index (κ1) is 14.5. The fourth-order valence-corrected chi connectivity index (χ4v) is 2.19.